The molecule has 0 saturated heterocycles. The second-order valence-electron chi connectivity index (χ2n) is 3.37. The number of carboxylic acids is 1. The number of nitro groups is 1. The third kappa shape index (κ3) is 3.14. The van der Waals surface area contributed by atoms with Crippen molar-refractivity contribution in [3.8, 4) is 5.75 Å². The van der Waals surface area contributed by atoms with E-state index in [4.69, 9.17) is 15.6 Å². The van der Waals surface area contributed by atoms with Crippen LogP contribution in [0.3, 0.4) is 0 Å². The van der Waals surface area contributed by atoms with Crippen LogP contribution in [0.4, 0.5) is 10.1 Å². The first-order chi connectivity index (χ1) is 8.47. The SMILES string of the molecule is NCCC(Oc1c(F)cccc1[N+](=O)[O-])C(=O)O. The number of carbonyl (C=O) groups is 1. The number of nitrogens with two attached hydrogens (primary N) is 1. The zero-order chi connectivity index (χ0) is 13.7. The van der Waals surface area contributed by atoms with Gasteiger partial charge in [0.05, 0.1) is 4.92 Å². The number of aliphatic carboxylic acids is 1. The molecular weight excluding hydrogens is 247 g/mol. The molecule has 0 radical (unpaired) electrons. The van der Waals surface area contributed by atoms with Crippen LogP contribution in [0.1, 0.15) is 6.42 Å². The van der Waals surface area contributed by atoms with Crippen molar-refractivity contribution in [2.75, 3.05) is 6.54 Å². The fourth-order valence-electron chi connectivity index (χ4n) is 1.28. The molecule has 18 heavy (non-hydrogen) atoms. The number of rotatable bonds is 6. The number of benzene rings is 1. The van der Waals surface area contributed by atoms with E-state index in [0.29, 0.717) is 0 Å². The number of nitrogens with zero attached hydrogens (tertiary/aromatic N) is 1. The highest BCUT2D eigenvalue weighted by atomic mass is 19.1. The molecular formula is C10H11FN2O5. The summed E-state index contributed by atoms with van der Waals surface area (Å²) in [5.74, 6) is -3.05. The van der Waals surface area contributed by atoms with Gasteiger partial charge in [0.25, 0.3) is 0 Å². The largest absolute Gasteiger partial charge is 0.479 e. The topological polar surface area (TPSA) is 116 Å². The molecule has 1 aromatic carbocycles. The van der Waals surface area contributed by atoms with Crippen LogP contribution in [0.15, 0.2) is 18.2 Å². The number of hydrogen-bond acceptors (Lipinski definition) is 5. The van der Waals surface area contributed by atoms with Gasteiger partial charge in [-0.05, 0) is 12.6 Å². The fraction of sp³-hybridized carbons (Fsp3) is 0.300. The zero-order valence-electron chi connectivity index (χ0n) is 9.21. The molecule has 0 bridgehead atoms. The van der Waals surface area contributed by atoms with Gasteiger partial charge in [-0.15, -0.1) is 0 Å². The van der Waals surface area contributed by atoms with E-state index >= 15 is 0 Å². The van der Waals surface area contributed by atoms with Gasteiger partial charge in [0, 0.05) is 12.5 Å². The van der Waals surface area contributed by atoms with Crippen LogP contribution < -0.4 is 10.5 Å². The molecule has 7 nitrogen and oxygen atoms in total. The predicted octanol–water partition coefficient (Wildman–Crippen LogP) is 0.915. The summed E-state index contributed by atoms with van der Waals surface area (Å²) in [5, 5.41) is 19.5. The molecule has 0 aliphatic heterocycles. The third-order valence-corrected chi connectivity index (χ3v) is 2.11. The maximum Gasteiger partial charge on any atom is 0.344 e. The Balaban J connectivity index is 3.08. The maximum absolute atomic E-state index is 13.4. The van der Waals surface area contributed by atoms with Gasteiger partial charge < -0.3 is 15.6 Å². The summed E-state index contributed by atoms with van der Waals surface area (Å²) < 4.78 is 18.3. The van der Waals surface area contributed by atoms with Crippen molar-refractivity contribution in [3.05, 3.63) is 34.1 Å². The van der Waals surface area contributed by atoms with E-state index in [2.05, 4.69) is 0 Å². The van der Waals surface area contributed by atoms with Crippen LogP contribution in [0.25, 0.3) is 0 Å². The highest BCUT2D eigenvalue weighted by Crippen LogP contribution is 2.30. The van der Waals surface area contributed by atoms with Crippen molar-refractivity contribution < 1.29 is 24.0 Å². The minimum atomic E-state index is -1.43. The molecule has 0 saturated carbocycles. The van der Waals surface area contributed by atoms with E-state index in [0.717, 1.165) is 18.2 Å². The smallest absolute Gasteiger partial charge is 0.344 e. The normalized spacial score (nSPS) is 11.9. The molecule has 3 N–H and O–H groups in total. The number of halogens is 1. The second-order valence-corrected chi connectivity index (χ2v) is 3.37. The Morgan fingerprint density at radius 2 is 2.28 bits per heavy atom. The highest BCUT2D eigenvalue weighted by Gasteiger charge is 2.26. The number of ether oxygens (including phenoxy) is 1. The number of nitro benzene ring substituents is 1. The molecule has 0 aliphatic carbocycles. The Bertz CT molecular complexity index is 466. The summed E-state index contributed by atoms with van der Waals surface area (Å²) in [6, 6.07) is 3.11. The molecule has 8 heteroatoms. The summed E-state index contributed by atoms with van der Waals surface area (Å²) in [4.78, 5) is 20.6. The van der Waals surface area contributed by atoms with Crippen LogP contribution in [0, 0.1) is 15.9 Å². The van der Waals surface area contributed by atoms with Crippen molar-refractivity contribution in [2.45, 2.75) is 12.5 Å². The Morgan fingerprint density at radius 3 is 2.78 bits per heavy atom. The highest BCUT2D eigenvalue weighted by molar-refractivity contribution is 5.73. The predicted molar refractivity (Wildman–Crippen MR) is 58.8 cm³/mol. The van der Waals surface area contributed by atoms with Gasteiger partial charge >= 0.3 is 11.7 Å². The molecule has 0 amide bonds. The van der Waals surface area contributed by atoms with Gasteiger partial charge in [0.2, 0.25) is 5.75 Å². The van der Waals surface area contributed by atoms with Crippen LogP contribution in [0.2, 0.25) is 0 Å². The van der Waals surface area contributed by atoms with E-state index < -0.39 is 34.3 Å². The van der Waals surface area contributed by atoms with Gasteiger partial charge in [-0.25, -0.2) is 9.18 Å². The van der Waals surface area contributed by atoms with E-state index in [1.807, 2.05) is 0 Å². The first-order valence-electron chi connectivity index (χ1n) is 4.99. The monoisotopic (exact) mass is 258 g/mol. The van der Waals surface area contributed by atoms with Crippen molar-refractivity contribution in [2.24, 2.45) is 5.73 Å². The summed E-state index contributed by atoms with van der Waals surface area (Å²) >= 11 is 0. The minimum absolute atomic E-state index is 0.000777. The number of para-hydroxylation sites is 1. The third-order valence-electron chi connectivity index (χ3n) is 2.11. The lowest BCUT2D eigenvalue weighted by molar-refractivity contribution is -0.386. The summed E-state index contributed by atoms with van der Waals surface area (Å²) in [5.41, 5.74) is 4.56. The fourth-order valence-corrected chi connectivity index (χ4v) is 1.28. The minimum Gasteiger partial charge on any atom is -0.479 e. The van der Waals surface area contributed by atoms with Crippen LogP contribution in [-0.2, 0) is 4.79 Å². The second kappa shape index (κ2) is 5.92. The lowest BCUT2D eigenvalue weighted by atomic mass is 10.2. The van der Waals surface area contributed by atoms with Crippen molar-refractivity contribution in [1.82, 2.24) is 0 Å². The average Bonchev–Trinajstić information content (AvgIpc) is 2.30. The summed E-state index contributed by atoms with van der Waals surface area (Å²) in [6.07, 6.45) is -1.51. The van der Waals surface area contributed by atoms with E-state index in [-0.39, 0.29) is 13.0 Å². The molecule has 0 aliphatic rings. The van der Waals surface area contributed by atoms with Crippen LogP contribution in [0.5, 0.6) is 5.75 Å². The first-order valence-corrected chi connectivity index (χ1v) is 4.99. The van der Waals surface area contributed by atoms with Gasteiger partial charge in [-0.1, -0.05) is 6.07 Å². The lowest BCUT2D eigenvalue weighted by Gasteiger charge is -2.14. The number of carboxylic acid groups (broad SMARTS) is 1. The molecule has 1 unspecified atom stereocenters. The molecule has 1 atom stereocenters. The van der Waals surface area contributed by atoms with Crippen LogP contribution >= 0.6 is 0 Å². The van der Waals surface area contributed by atoms with E-state index in [9.17, 15) is 19.3 Å². The lowest BCUT2D eigenvalue weighted by Crippen LogP contribution is -2.30. The first kappa shape index (κ1) is 13.8. The zero-order valence-corrected chi connectivity index (χ0v) is 9.21. The molecule has 1 rings (SSSR count). The van der Waals surface area contributed by atoms with E-state index in [1.54, 1.807) is 0 Å². The van der Waals surface area contributed by atoms with Crippen molar-refractivity contribution in [1.29, 1.82) is 0 Å². The standard InChI is InChI=1S/C10H11FN2O5/c11-6-2-1-3-7(13(16)17)9(6)18-8(4-5-12)10(14)15/h1-3,8H,4-5,12H2,(H,14,15). The Kier molecular flexibility index (Phi) is 4.55. The Labute approximate surface area is 101 Å². The molecule has 98 valence electrons. The van der Waals surface area contributed by atoms with Crippen molar-refractivity contribution in [3.63, 3.8) is 0 Å². The number of hydrogen-bond donors (Lipinski definition) is 2. The molecule has 0 aromatic heterocycles. The van der Waals surface area contributed by atoms with E-state index in [1.165, 1.54) is 0 Å². The molecule has 0 spiro atoms. The molecule has 0 heterocycles. The van der Waals surface area contributed by atoms with Crippen LogP contribution in [-0.4, -0.2) is 28.6 Å². The quantitative estimate of drug-likeness (QED) is 0.578. The Morgan fingerprint density at radius 1 is 1.61 bits per heavy atom. The van der Waals surface area contributed by atoms with Gasteiger partial charge in [-0.3, -0.25) is 10.1 Å². The summed E-state index contributed by atoms with van der Waals surface area (Å²) in [7, 11) is 0. The average molecular weight is 258 g/mol. The van der Waals surface area contributed by atoms with Crippen molar-refractivity contribution >= 4 is 11.7 Å². The van der Waals surface area contributed by atoms with Gasteiger partial charge in [0.15, 0.2) is 11.9 Å². The summed E-state index contributed by atoms with van der Waals surface area (Å²) in [6.45, 7) is -0.000777. The Hall–Kier alpha value is -2.22. The van der Waals surface area contributed by atoms with Gasteiger partial charge in [0.1, 0.15) is 0 Å². The van der Waals surface area contributed by atoms with Gasteiger partial charge in [-0.2, -0.15) is 0 Å². The molecule has 1 aromatic rings. The molecule has 0 fully saturated rings. The maximum atomic E-state index is 13.4.